The van der Waals surface area contributed by atoms with Crippen molar-refractivity contribution in [3.63, 3.8) is 0 Å². The predicted octanol–water partition coefficient (Wildman–Crippen LogP) is 3.15. The van der Waals surface area contributed by atoms with Gasteiger partial charge in [0.2, 0.25) is 5.91 Å². The highest BCUT2D eigenvalue weighted by atomic mass is 16.1. The van der Waals surface area contributed by atoms with Gasteiger partial charge >= 0.3 is 0 Å². The van der Waals surface area contributed by atoms with Crippen LogP contribution in [0.4, 0.5) is 11.4 Å². The lowest BCUT2D eigenvalue weighted by Gasteiger charge is -2.17. The minimum Gasteiger partial charge on any atom is -0.377 e. The fourth-order valence-corrected chi connectivity index (χ4v) is 2.52. The fraction of sp³-hybridized carbons (Fsp3) is 0.588. The molecular formula is C17H29N3O. The summed E-state index contributed by atoms with van der Waals surface area (Å²) in [7, 11) is 4.01. The number of anilines is 2. The molecule has 0 aliphatic carbocycles. The number of carbonyl (C=O) groups is 1. The highest BCUT2D eigenvalue weighted by Crippen LogP contribution is 2.23. The summed E-state index contributed by atoms with van der Waals surface area (Å²) in [6, 6.07) is 6.01. The second-order valence-electron chi connectivity index (χ2n) is 5.83. The lowest BCUT2D eigenvalue weighted by atomic mass is 9.96. The van der Waals surface area contributed by atoms with E-state index in [1.807, 2.05) is 32.3 Å². The Balaban J connectivity index is 2.57. The molecule has 0 saturated heterocycles. The Morgan fingerprint density at radius 3 is 2.62 bits per heavy atom. The van der Waals surface area contributed by atoms with Gasteiger partial charge in [-0.3, -0.25) is 4.79 Å². The van der Waals surface area contributed by atoms with Gasteiger partial charge in [0.15, 0.2) is 0 Å². The third-order valence-electron chi connectivity index (χ3n) is 3.91. The van der Waals surface area contributed by atoms with E-state index < -0.39 is 0 Å². The summed E-state index contributed by atoms with van der Waals surface area (Å²) in [5, 5.41) is 2.99. The summed E-state index contributed by atoms with van der Waals surface area (Å²) in [5.41, 5.74) is 8.78. The third kappa shape index (κ3) is 5.76. The summed E-state index contributed by atoms with van der Waals surface area (Å²) in [6.07, 6.45) is 3.55. The van der Waals surface area contributed by atoms with Gasteiger partial charge in [0.25, 0.3) is 0 Å². The van der Waals surface area contributed by atoms with Crippen molar-refractivity contribution in [1.29, 1.82) is 0 Å². The van der Waals surface area contributed by atoms with Crippen LogP contribution in [0.1, 0.15) is 38.2 Å². The summed E-state index contributed by atoms with van der Waals surface area (Å²) in [5.74, 6) is 0.634. The number of carbonyl (C=O) groups excluding carboxylic acids is 1. The van der Waals surface area contributed by atoms with Gasteiger partial charge in [-0.05, 0) is 49.9 Å². The Kier molecular flexibility index (Phi) is 7.23. The number of nitrogens with one attached hydrogen (secondary N) is 1. The Hall–Kier alpha value is -1.55. The van der Waals surface area contributed by atoms with Crippen LogP contribution < -0.4 is 16.0 Å². The zero-order valence-corrected chi connectivity index (χ0v) is 13.8. The maximum atomic E-state index is 12.0. The number of nitrogens with two attached hydrogens (primary N) is 1. The lowest BCUT2D eigenvalue weighted by Crippen LogP contribution is -2.16. The Morgan fingerprint density at radius 1 is 1.33 bits per heavy atom. The minimum atomic E-state index is 0.0824. The van der Waals surface area contributed by atoms with Crippen molar-refractivity contribution in [2.45, 2.75) is 39.5 Å². The van der Waals surface area contributed by atoms with Crippen LogP contribution in [0.25, 0.3) is 0 Å². The first kappa shape index (κ1) is 17.5. The van der Waals surface area contributed by atoms with Crippen LogP contribution in [0.2, 0.25) is 0 Å². The van der Waals surface area contributed by atoms with Crippen molar-refractivity contribution in [2.24, 2.45) is 11.7 Å². The molecular weight excluding hydrogens is 262 g/mol. The van der Waals surface area contributed by atoms with Crippen molar-refractivity contribution in [2.75, 3.05) is 30.9 Å². The standard InChI is InChI=1S/C17H29N3O/c1-5-14(10-11-18)7-9-17(21)19-15-8-6-13(2)16(12-15)20(3)4/h6,8,12,14H,5,7,9-11,18H2,1-4H3,(H,19,21). The predicted molar refractivity (Wildman–Crippen MR) is 90.8 cm³/mol. The van der Waals surface area contributed by atoms with Crippen molar-refractivity contribution in [1.82, 2.24) is 0 Å². The molecule has 0 saturated carbocycles. The summed E-state index contributed by atoms with van der Waals surface area (Å²) in [6.45, 7) is 4.92. The number of amides is 1. The molecule has 0 bridgehead atoms. The zero-order chi connectivity index (χ0) is 15.8. The molecule has 0 aliphatic rings. The molecule has 3 N–H and O–H groups in total. The van der Waals surface area contributed by atoms with Gasteiger partial charge < -0.3 is 16.0 Å². The molecule has 4 nitrogen and oxygen atoms in total. The van der Waals surface area contributed by atoms with Crippen LogP contribution in [0, 0.1) is 12.8 Å². The Morgan fingerprint density at radius 2 is 2.05 bits per heavy atom. The van der Waals surface area contributed by atoms with Crippen molar-refractivity contribution in [3.05, 3.63) is 23.8 Å². The van der Waals surface area contributed by atoms with Gasteiger partial charge in [-0.25, -0.2) is 0 Å². The molecule has 1 amide bonds. The van der Waals surface area contributed by atoms with E-state index in [2.05, 4.69) is 24.1 Å². The molecule has 21 heavy (non-hydrogen) atoms. The number of rotatable bonds is 8. The first-order valence-corrected chi connectivity index (χ1v) is 7.75. The first-order valence-electron chi connectivity index (χ1n) is 7.75. The fourth-order valence-electron chi connectivity index (χ4n) is 2.52. The van der Waals surface area contributed by atoms with Gasteiger partial charge in [-0.2, -0.15) is 0 Å². The molecule has 4 heteroatoms. The molecule has 118 valence electrons. The van der Waals surface area contributed by atoms with Crippen LogP contribution in [0.15, 0.2) is 18.2 Å². The topological polar surface area (TPSA) is 58.4 Å². The number of benzene rings is 1. The van der Waals surface area contributed by atoms with E-state index in [9.17, 15) is 4.79 Å². The van der Waals surface area contributed by atoms with E-state index in [1.165, 1.54) is 5.56 Å². The Bertz CT molecular complexity index is 457. The van der Waals surface area contributed by atoms with Crippen LogP contribution in [0.5, 0.6) is 0 Å². The smallest absolute Gasteiger partial charge is 0.224 e. The number of aryl methyl sites for hydroxylation is 1. The van der Waals surface area contributed by atoms with E-state index in [-0.39, 0.29) is 5.91 Å². The molecule has 1 rings (SSSR count). The van der Waals surface area contributed by atoms with Crippen molar-refractivity contribution >= 4 is 17.3 Å². The van der Waals surface area contributed by atoms with Crippen molar-refractivity contribution in [3.8, 4) is 0 Å². The van der Waals surface area contributed by atoms with E-state index >= 15 is 0 Å². The molecule has 0 aliphatic heterocycles. The third-order valence-corrected chi connectivity index (χ3v) is 3.91. The maximum absolute atomic E-state index is 12.0. The summed E-state index contributed by atoms with van der Waals surface area (Å²) < 4.78 is 0. The number of hydrogen-bond acceptors (Lipinski definition) is 3. The number of nitrogens with zero attached hydrogens (tertiary/aromatic N) is 1. The lowest BCUT2D eigenvalue weighted by molar-refractivity contribution is -0.116. The van der Waals surface area contributed by atoms with Gasteiger partial charge in [0.1, 0.15) is 0 Å². The molecule has 1 aromatic carbocycles. The zero-order valence-electron chi connectivity index (χ0n) is 13.8. The summed E-state index contributed by atoms with van der Waals surface area (Å²) >= 11 is 0. The molecule has 0 spiro atoms. The SMILES string of the molecule is CCC(CCN)CCC(=O)Nc1ccc(C)c(N(C)C)c1. The van der Waals surface area contributed by atoms with Gasteiger partial charge in [-0.1, -0.05) is 19.4 Å². The van der Waals surface area contributed by atoms with Crippen LogP contribution >= 0.6 is 0 Å². The molecule has 1 unspecified atom stereocenters. The van der Waals surface area contributed by atoms with Crippen molar-refractivity contribution < 1.29 is 4.79 Å². The minimum absolute atomic E-state index is 0.0824. The normalized spacial score (nSPS) is 12.0. The Labute approximate surface area is 128 Å². The second-order valence-corrected chi connectivity index (χ2v) is 5.83. The summed E-state index contributed by atoms with van der Waals surface area (Å²) in [4.78, 5) is 14.1. The molecule has 0 radical (unpaired) electrons. The largest absolute Gasteiger partial charge is 0.377 e. The monoisotopic (exact) mass is 291 g/mol. The molecule has 1 atom stereocenters. The molecule has 0 aromatic heterocycles. The quantitative estimate of drug-likeness (QED) is 0.773. The van der Waals surface area contributed by atoms with Crippen LogP contribution in [-0.4, -0.2) is 26.5 Å². The molecule has 0 fully saturated rings. The van der Waals surface area contributed by atoms with Crippen LogP contribution in [-0.2, 0) is 4.79 Å². The maximum Gasteiger partial charge on any atom is 0.224 e. The average Bonchev–Trinajstić information content (AvgIpc) is 2.45. The molecule has 0 heterocycles. The van der Waals surface area contributed by atoms with E-state index in [0.29, 0.717) is 18.9 Å². The highest BCUT2D eigenvalue weighted by Gasteiger charge is 2.10. The second kappa shape index (κ2) is 8.67. The van der Waals surface area contributed by atoms with E-state index in [0.717, 1.165) is 30.6 Å². The van der Waals surface area contributed by atoms with Gasteiger partial charge in [0, 0.05) is 31.9 Å². The first-order chi connectivity index (χ1) is 9.97. The van der Waals surface area contributed by atoms with E-state index in [1.54, 1.807) is 0 Å². The average molecular weight is 291 g/mol. The molecule has 1 aromatic rings. The van der Waals surface area contributed by atoms with E-state index in [4.69, 9.17) is 5.73 Å². The van der Waals surface area contributed by atoms with Gasteiger partial charge in [-0.15, -0.1) is 0 Å². The number of hydrogen-bond donors (Lipinski definition) is 2. The van der Waals surface area contributed by atoms with Crippen LogP contribution in [0.3, 0.4) is 0 Å². The van der Waals surface area contributed by atoms with Gasteiger partial charge in [0.05, 0.1) is 0 Å². The highest BCUT2D eigenvalue weighted by molar-refractivity contribution is 5.91.